The number of nitrogen functional groups attached to an aromatic ring is 1. The van der Waals surface area contributed by atoms with Crippen LogP contribution in [0.4, 0.5) is 15.8 Å². The van der Waals surface area contributed by atoms with E-state index in [-0.39, 0.29) is 41.9 Å². The molecule has 2 aliphatic rings. The smallest absolute Gasteiger partial charge is 0.237 e. The molecule has 2 aliphatic heterocycles. The van der Waals surface area contributed by atoms with Crippen molar-refractivity contribution in [2.24, 2.45) is 13.0 Å². The number of nitrogens with one attached hydrogen (secondary N) is 1. The summed E-state index contributed by atoms with van der Waals surface area (Å²) in [4.78, 5) is 41.2. The summed E-state index contributed by atoms with van der Waals surface area (Å²) in [6, 6.07) is 13.8. The molecule has 6 rings (SSSR count). The lowest BCUT2D eigenvalue weighted by Crippen LogP contribution is -2.42. The van der Waals surface area contributed by atoms with E-state index in [1.54, 1.807) is 70.5 Å². The molecule has 0 bridgehead atoms. The first kappa shape index (κ1) is 35.4. The Morgan fingerprint density at radius 3 is 2.59 bits per heavy atom. The lowest BCUT2D eigenvalue weighted by Gasteiger charge is -2.29. The molecule has 2 aromatic heterocycles. The summed E-state index contributed by atoms with van der Waals surface area (Å²) in [5, 5.41) is 13.1. The van der Waals surface area contributed by atoms with Gasteiger partial charge >= 0.3 is 0 Å². The average molecular weight is 694 g/mol. The van der Waals surface area contributed by atoms with Crippen molar-refractivity contribution in [3.8, 4) is 17.3 Å². The molecule has 1 fully saturated rings. The van der Waals surface area contributed by atoms with Crippen LogP contribution in [-0.4, -0.2) is 92.4 Å². The van der Waals surface area contributed by atoms with E-state index in [0.717, 1.165) is 5.57 Å². The maximum Gasteiger partial charge on any atom is 0.237 e. The van der Waals surface area contributed by atoms with Crippen molar-refractivity contribution in [3.63, 3.8) is 0 Å². The van der Waals surface area contributed by atoms with Crippen molar-refractivity contribution in [1.29, 1.82) is 5.41 Å². The molecular weight excluding hydrogens is 649 g/mol. The van der Waals surface area contributed by atoms with Crippen LogP contribution >= 0.6 is 0 Å². The number of nitrogens with zero attached hydrogens (tertiary/aromatic N) is 7. The predicted molar refractivity (Wildman–Crippen MR) is 195 cm³/mol. The van der Waals surface area contributed by atoms with Gasteiger partial charge in [0, 0.05) is 79.1 Å². The van der Waals surface area contributed by atoms with Gasteiger partial charge in [0.15, 0.2) is 5.82 Å². The lowest BCUT2D eigenvalue weighted by molar-refractivity contribution is -0.132. The van der Waals surface area contributed by atoms with Crippen LogP contribution in [0.15, 0.2) is 67.1 Å². The number of ether oxygens (including phenoxy) is 1. The standard InChI is InChI=1S/C38H44FN9O3/c1-5-48(29-8-10-33(40)31(19-29)36(41)27-7-11-34(42-20-27)51-24(2)3)38(50)28-12-15-46(21-28)22-35(49)47-16-13-25(14-17-47)30-9-6-26(18-32(30)39)37-43-23-45(4)44-37/h6-11,13,18-20,23-24,28,41H,5,12,14-17,21-22,40H2,1-4H3/t28-/m1/s1. The number of aryl methyl sites for hydroxylation is 1. The lowest BCUT2D eigenvalue weighted by atomic mass is 9.97. The van der Waals surface area contributed by atoms with Crippen LogP contribution in [0.25, 0.3) is 17.0 Å². The Labute approximate surface area is 297 Å². The van der Waals surface area contributed by atoms with Crippen molar-refractivity contribution < 1.29 is 18.7 Å². The summed E-state index contributed by atoms with van der Waals surface area (Å²) in [5.74, 6) is 0.306. The normalized spacial score (nSPS) is 16.3. The van der Waals surface area contributed by atoms with E-state index in [9.17, 15) is 9.59 Å². The van der Waals surface area contributed by atoms with Gasteiger partial charge in [-0.25, -0.2) is 14.4 Å². The Kier molecular flexibility index (Phi) is 10.6. The van der Waals surface area contributed by atoms with Gasteiger partial charge in [-0.15, -0.1) is 0 Å². The maximum atomic E-state index is 15.1. The molecule has 13 heteroatoms. The number of likely N-dealkylation sites (tertiary alicyclic amines) is 1. The molecule has 0 radical (unpaired) electrons. The van der Waals surface area contributed by atoms with Gasteiger partial charge in [0.2, 0.25) is 17.7 Å². The third kappa shape index (κ3) is 7.99. The zero-order valence-corrected chi connectivity index (χ0v) is 29.5. The highest BCUT2D eigenvalue weighted by atomic mass is 19.1. The van der Waals surface area contributed by atoms with Crippen molar-refractivity contribution in [3.05, 3.63) is 89.6 Å². The number of nitrogens with two attached hydrogens (primary N) is 1. The maximum absolute atomic E-state index is 15.1. The third-order valence-corrected chi connectivity index (χ3v) is 9.30. The monoisotopic (exact) mass is 693 g/mol. The van der Waals surface area contributed by atoms with Crippen molar-refractivity contribution in [2.45, 2.75) is 39.7 Å². The summed E-state index contributed by atoms with van der Waals surface area (Å²) >= 11 is 0. The van der Waals surface area contributed by atoms with Gasteiger partial charge in [0.25, 0.3) is 0 Å². The Hall–Kier alpha value is -5.43. The van der Waals surface area contributed by atoms with Gasteiger partial charge in [-0.1, -0.05) is 18.2 Å². The van der Waals surface area contributed by atoms with Gasteiger partial charge in [-0.2, -0.15) is 5.10 Å². The van der Waals surface area contributed by atoms with Crippen LogP contribution < -0.4 is 15.4 Å². The molecule has 0 unspecified atom stereocenters. The average Bonchev–Trinajstić information content (AvgIpc) is 3.78. The molecule has 1 saturated heterocycles. The highest BCUT2D eigenvalue weighted by Crippen LogP contribution is 2.30. The number of carbonyl (C=O) groups excluding carboxylic acids is 2. The number of halogens is 1. The molecule has 0 spiro atoms. The number of hydrogen-bond donors (Lipinski definition) is 2. The number of carbonyl (C=O) groups is 2. The van der Waals surface area contributed by atoms with Crippen molar-refractivity contribution >= 4 is 34.5 Å². The molecule has 0 aliphatic carbocycles. The summed E-state index contributed by atoms with van der Waals surface area (Å²) in [6.07, 6.45) is 6.26. The van der Waals surface area contributed by atoms with Crippen LogP contribution in [0.5, 0.6) is 5.88 Å². The van der Waals surface area contributed by atoms with Crippen molar-refractivity contribution in [2.75, 3.05) is 49.9 Å². The molecule has 2 amide bonds. The summed E-state index contributed by atoms with van der Waals surface area (Å²) < 4.78 is 22.3. The Morgan fingerprint density at radius 1 is 1.12 bits per heavy atom. The first-order valence-electron chi connectivity index (χ1n) is 17.3. The minimum absolute atomic E-state index is 0.0113. The van der Waals surface area contributed by atoms with Gasteiger partial charge in [0.05, 0.1) is 24.3 Å². The number of pyridine rings is 1. The summed E-state index contributed by atoms with van der Waals surface area (Å²) in [5.41, 5.74) is 10.7. The Morgan fingerprint density at radius 2 is 1.94 bits per heavy atom. The number of hydrogen-bond acceptors (Lipinski definition) is 9. The molecule has 3 N–H and O–H groups in total. The fourth-order valence-electron chi connectivity index (χ4n) is 6.61. The topological polar surface area (TPSA) is 147 Å². The molecule has 1 atom stereocenters. The molecule has 4 aromatic rings. The minimum Gasteiger partial charge on any atom is -0.475 e. The molecular formula is C38H44FN9O3. The van der Waals surface area contributed by atoms with Gasteiger partial charge in [-0.05, 0) is 76.1 Å². The molecule has 51 heavy (non-hydrogen) atoms. The number of benzene rings is 2. The SMILES string of the molecule is CCN(C(=O)[C@@H]1CCN(CC(=O)N2CC=C(c3ccc(-c4ncn(C)n4)cc3F)CC2)C1)c1ccc(N)c(C(=N)c2ccc(OC(C)C)nc2)c1. The van der Waals surface area contributed by atoms with E-state index in [1.165, 1.54) is 6.07 Å². The minimum atomic E-state index is -0.340. The Bertz CT molecular complexity index is 1960. The predicted octanol–water partition coefficient (Wildman–Crippen LogP) is 4.79. The summed E-state index contributed by atoms with van der Waals surface area (Å²) in [7, 11) is 1.76. The first-order chi connectivity index (χ1) is 24.5. The number of aromatic nitrogens is 4. The van der Waals surface area contributed by atoms with E-state index in [2.05, 4.69) is 15.1 Å². The summed E-state index contributed by atoms with van der Waals surface area (Å²) in [6.45, 7) is 8.44. The largest absolute Gasteiger partial charge is 0.475 e. The number of amides is 2. The van der Waals surface area contributed by atoms with E-state index in [4.69, 9.17) is 15.9 Å². The second kappa shape index (κ2) is 15.2. The highest BCUT2D eigenvalue weighted by Gasteiger charge is 2.33. The zero-order chi connectivity index (χ0) is 36.2. The zero-order valence-electron chi connectivity index (χ0n) is 29.5. The molecule has 0 saturated carbocycles. The van der Waals surface area contributed by atoms with Gasteiger partial charge in [0.1, 0.15) is 12.1 Å². The second-order valence-corrected chi connectivity index (χ2v) is 13.3. The quantitative estimate of drug-likeness (QED) is 0.168. The van der Waals surface area contributed by atoms with E-state index >= 15 is 4.39 Å². The van der Waals surface area contributed by atoms with Crippen LogP contribution in [0.2, 0.25) is 0 Å². The number of rotatable bonds is 11. The molecule has 266 valence electrons. The second-order valence-electron chi connectivity index (χ2n) is 13.3. The van der Waals surface area contributed by atoms with Crippen LogP contribution in [-0.2, 0) is 16.6 Å². The molecule has 12 nitrogen and oxygen atoms in total. The van der Waals surface area contributed by atoms with E-state index < -0.39 is 0 Å². The highest BCUT2D eigenvalue weighted by molar-refractivity contribution is 6.14. The molecule has 4 heterocycles. The first-order valence-corrected chi connectivity index (χ1v) is 17.3. The molecule has 2 aromatic carbocycles. The van der Waals surface area contributed by atoms with Crippen LogP contribution in [0.1, 0.15) is 50.3 Å². The van der Waals surface area contributed by atoms with Crippen LogP contribution in [0, 0.1) is 17.1 Å². The van der Waals surface area contributed by atoms with E-state index in [0.29, 0.717) is 90.9 Å². The third-order valence-electron chi connectivity index (χ3n) is 9.30. The van der Waals surface area contributed by atoms with Crippen molar-refractivity contribution in [1.82, 2.24) is 29.5 Å². The van der Waals surface area contributed by atoms with Crippen LogP contribution in [0.3, 0.4) is 0 Å². The van der Waals surface area contributed by atoms with Gasteiger partial charge in [-0.3, -0.25) is 24.6 Å². The fraction of sp³-hybridized carbons (Fsp3) is 0.368. The van der Waals surface area contributed by atoms with E-state index in [1.807, 2.05) is 37.8 Å². The van der Waals surface area contributed by atoms with Gasteiger partial charge < -0.3 is 20.3 Å². The number of anilines is 2. The Balaban J connectivity index is 1.04. The fourth-order valence-corrected chi connectivity index (χ4v) is 6.61.